The van der Waals surface area contributed by atoms with E-state index in [-0.39, 0.29) is 18.4 Å². The number of nitrogens with zero attached hydrogens (tertiary/aromatic N) is 5. The molecule has 2 heterocycles. The van der Waals surface area contributed by atoms with Crippen LogP contribution in [0.25, 0.3) is 11.6 Å². The zero-order chi connectivity index (χ0) is 14.9. The van der Waals surface area contributed by atoms with Crippen LogP contribution in [0.2, 0.25) is 0 Å². The Morgan fingerprint density at radius 1 is 1.67 bits per heavy atom. The van der Waals surface area contributed by atoms with Gasteiger partial charge in [-0.05, 0) is 43.0 Å². The molecule has 0 aromatic carbocycles. The zero-order valence-electron chi connectivity index (χ0n) is 11.5. The molecule has 2 aromatic heterocycles. The van der Waals surface area contributed by atoms with E-state index in [1.807, 2.05) is 0 Å². The smallest absolute Gasteiger partial charge is 0.244 e. The van der Waals surface area contributed by atoms with Gasteiger partial charge in [0.25, 0.3) is 0 Å². The molecular weight excluding hydrogens is 272 g/mol. The number of tetrazole rings is 1. The van der Waals surface area contributed by atoms with Crippen molar-refractivity contribution in [2.24, 2.45) is 5.92 Å². The van der Waals surface area contributed by atoms with E-state index in [0.29, 0.717) is 11.6 Å². The lowest BCUT2D eigenvalue weighted by Gasteiger charge is -2.22. The van der Waals surface area contributed by atoms with Crippen LogP contribution >= 0.6 is 0 Å². The lowest BCUT2D eigenvalue weighted by atomic mass is 9.98. The summed E-state index contributed by atoms with van der Waals surface area (Å²) in [6.07, 6.45) is 3.44. The molecular formula is C13H14N6O2. The van der Waals surface area contributed by atoms with Gasteiger partial charge in [-0.15, -0.1) is 10.2 Å². The molecule has 8 heteroatoms. The fourth-order valence-corrected chi connectivity index (χ4v) is 2.15. The minimum Gasteiger partial charge on any atom is -0.461 e. The van der Waals surface area contributed by atoms with Gasteiger partial charge in [0.05, 0.1) is 12.3 Å². The Morgan fingerprint density at radius 2 is 2.48 bits per heavy atom. The Bertz CT molecular complexity index is 682. The summed E-state index contributed by atoms with van der Waals surface area (Å²) in [6.45, 7) is 1.66. The van der Waals surface area contributed by atoms with Crippen LogP contribution in [-0.4, -0.2) is 31.7 Å². The number of carbonyl (C=O) groups excluding carboxylic acids is 1. The predicted molar refractivity (Wildman–Crippen MR) is 70.4 cm³/mol. The van der Waals surface area contributed by atoms with Crippen molar-refractivity contribution in [2.75, 3.05) is 0 Å². The molecule has 1 aliphatic rings. The molecule has 3 rings (SSSR count). The monoisotopic (exact) mass is 286 g/mol. The molecule has 1 aliphatic carbocycles. The highest BCUT2D eigenvalue weighted by molar-refractivity contribution is 5.77. The quantitative estimate of drug-likeness (QED) is 0.868. The van der Waals surface area contributed by atoms with Crippen LogP contribution in [0.5, 0.6) is 0 Å². The van der Waals surface area contributed by atoms with Crippen molar-refractivity contribution in [1.82, 2.24) is 25.5 Å². The zero-order valence-corrected chi connectivity index (χ0v) is 11.5. The fourth-order valence-electron chi connectivity index (χ4n) is 2.15. The Labute approximate surface area is 120 Å². The van der Waals surface area contributed by atoms with Crippen molar-refractivity contribution in [1.29, 1.82) is 5.26 Å². The summed E-state index contributed by atoms with van der Waals surface area (Å²) in [5.74, 6) is 0.725. The van der Waals surface area contributed by atoms with Gasteiger partial charge in [-0.1, -0.05) is 0 Å². The maximum absolute atomic E-state index is 12.0. The number of aromatic nitrogens is 4. The van der Waals surface area contributed by atoms with E-state index in [2.05, 4.69) is 26.8 Å². The van der Waals surface area contributed by atoms with Crippen molar-refractivity contribution in [2.45, 2.75) is 31.8 Å². The summed E-state index contributed by atoms with van der Waals surface area (Å²) in [7, 11) is 0. The van der Waals surface area contributed by atoms with Crippen molar-refractivity contribution in [3.05, 3.63) is 18.4 Å². The van der Waals surface area contributed by atoms with Gasteiger partial charge in [-0.25, -0.2) is 0 Å². The van der Waals surface area contributed by atoms with E-state index < -0.39 is 5.54 Å². The number of hydrogen-bond donors (Lipinski definition) is 1. The highest BCUT2D eigenvalue weighted by Crippen LogP contribution is 2.39. The molecule has 1 atom stereocenters. The minimum absolute atomic E-state index is 0.0856. The first-order valence-electron chi connectivity index (χ1n) is 6.65. The number of carbonyl (C=O) groups is 1. The Morgan fingerprint density at radius 3 is 3.10 bits per heavy atom. The molecule has 0 aliphatic heterocycles. The summed E-state index contributed by atoms with van der Waals surface area (Å²) in [6, 6.07) is 5.60. The van der Waals surface area contributed by atoms with Crippen molar-refractivity contribution in [3.63, 3.8) is 0 Å². The standard InChI is InChI=1S/C13H14N6O2/c1-13(8-14,9-4-5-9)15-11(20)7-19-17-12(16-18-19)10-3-2-6-21-10/h2-3,6,9H,4-5,7H2,1H3,(H,15,20)/t13-/m0/s1. The van der Waals surface area contributed by atoms with Gasteiger partial charge < -0.3 is 9.73 Å². The summed E-state index contributed by atoms with van der Waals surface area (Å²) in [5, 5.41) is 23.6. The second-order valence-corrected chi connectivity index (χ2v) is 5.26. The molecule has 8 nitrogen and oxygen atoms in total. The van der Waals surface area contributed by atoms with Crippen molar-refractivity contribution < 1.29 is 9.21 Å². The molecule has 1 amide bonds. The number of furan rings is 1. The lowest BCUT2D eigenvalue weighted by Crippen LogP contribution is -2.48. The number of rotatable bonds is 5. The van der Waals surface area contributed by atoms with Crippen LogP contribution in [0.15, 0.2) is 22.8 Å². The molecule has 1 N–H and O–H groups in total. The molecule has 0 spiro atoms. The highest BCUT2D eigenvalue weighted by atomic mass is 16.3. The van der Waals surface area contributed by atoms with E-state index >= 15 is 0 Å². The molecule has 0 saturated heterocycles. The Hall–Kier alpha value is -2.69. The maximum atomic E-state index is 12.0. The van der Waals surface area contributed by atoms with Crippen molar-refractivity contribution >= 4 is 5.91 Å². The fraction of sp³-hybridized carbons (Fsp3) is 0.462. The van der Waals surface area contributed by atoms with E-state index in [4.69, 9.17) is 4.42 Å². The third-order valence-corrected chi connectivity index (χ3v) is 3.50. The number of hydrogen-bond acceptors (Lipinski definition) is 6. The topological polar surface area (TPSA) is 110 Å². The van der Waals surface area contributed by atoms with Gasteiger partial charge in [0.15, 0.2) is 5.76 Å². The number of nitriles is 1. The Kier molecular flexibility index (Phi) is 3.17. The van der Waals surface area contributed by atoms with Crippen LogP contribution in [0.4, 0.5) is 0 Å². The Balaban J connectivity index is 1.64. The molecule has 0 unspecified atom stereocenters. The predicted octanol–water partition coefficient (Wildman–Crippen LogP) is 0.742. The summed E-state index contributed by atoms with van der Waals surface area (Å²) >= 11 is 0. The average molecular weight is 286 g/mol. The van der Waals surface area contributed by atoms with Crippen LogP contribution in [0.3, 0.4) is 0 Å². The van der Waals surface area contributed by atoms with E-state index in [1.165, 1.54) is 11.1 Å². The largest absolute Gasteiger partial charge is 0.461 e. The van der Waals surface area contributed by atoms with Crippen LogP contribution < -0.4 is 5.32 Å². The SMILES string of the molecule is C[C@@](C#N)(NC(=O)Cn1nnc(-c2ccco2)n1)C1CC1. The van der Waals surface area contributed by atoms with Gasteiger partial charge >= 0.3 is 0 Å². The number of nitrogens with one attached hydrogen (secondary N) is 1. The third kappa shape index (κ3) is 2.76. The van der Waals surface area contributed by atoms with E-state index in [9.17, 15) is 10.1 Å². The number of amides is 1. The summed E-state index contributed by atoms with van der Waals surface area (Å²) in [4.78, 5) is 13.2. The molecule has 0 radical (unpaired) electrons. The van der Waals surface area contributed by atoms with E-state index in [0.717, 1.165) is 12.8 Å². The van der Waals surface area contributed by atoms with Crippen LogP contribution in [-0.2, 0) is 11.3 Å². The van der Waals surface area contributed by atoms with Gasteiger partial charge in [-0.3, -0.25) is 4.79 Å². The first kappa shape index (κ1) is 13.3. The molecule has 0 bridgehead atoms. The van der Waals surface area contributed by atoms with Gasteiger partial charge in [0.2, 0.25) is 11.7 Å². The molecule has 108 valence electrons. The second-order valence-electron chi connectivity index (χ2n) is 5.26. The summed E-state index contributed by atoms with van der Waals surface area (Å²) < 4.78 is 5.15. The molecule has 21 heavy (non-hydrogen) atoms. The van der Waals surface area contributed by atoms with Gasteiger partial charge in [-0.2, -0.15) is 10.1 Å². The average Bonchev–Trinajstić information content (AvgIpc) is 3.00. The molecule has 1 fully saturated rings. The minimum atomic E-state index is -0.818. The first-order chi connectivity index (χ1) is 10.1. The van der Waals surface area contributed by atoms with Crippen LogP contribution in [0.1, 0.15) is 19.8 Å². The second kappa shape index (κ2) is 5.01. The van der Waals surface area contributed by atoms with Crippen LogP contribution in [0, 0.1) is 17.2 Å². The molecule has 2 aromatic rings. The first-order valence-corrected chi connectivity index (χ1v) is 6.65. The normalized spacial score (nSPS) is 17.0. The summed E-state index contributed by atoms with van der Waals surface area (Å²) in [5.41, 5.74) is -0.818. The van der Waals surface area contributed by atoms with Gasteiger partial charge in [0.1, 0.15) is 12.1 Å². The molecule has 1 saturated carbocycles. The highest BCUT2D eigenvalue weighted by Gasteiger charge is 2.43. The third-order valence-electron chi connectivity index (χ3n) is 3.50. The lowest BCUT2D eigenvalue weighted by molar-refractivity contribution is -0.123. The maximum Gasteiger partial charge on any atom is 0.244 e. The van der Waals surface area contributed by atoms with Gasteiger partial charge in [0, 0.05) is 0 Å². The van der Waals surface area contributed by atoms with Crippen molar-refractivity contribution in [3.8, 4) is 17.7 Å². The van der Waals surface area contributed by atoms with E-state index in [1.54, 1.807) is 19.1 Å².